The third-order valence-electron chi connectivity index (χ3n) is 4.96. The summed E-state index contributed by atoms with van der Waals surface area (Å²) in [6.07, 6.45) is -4.34. The predicted molar refractivity (Wildman–Crippen MR) is 119 cm³/mol. The highest BCUT2D eigenvalue weighted by molar-refractivity contribution is 7.13. The fourth-order valence-corrected chi connectivity index (χ4v) is 3.93. The van der Waals surface area contributed by atoms with Gasteiger partial charge in [0.2, 0.25) is 0 Å². The summed E-state index contributed by atoms with van der Waals surface area (Å²) in [4.78, 5) is 25.5. The van der Waals surface area contributed by atoms with Crippen LogP contribution in [0.3, 0.4) is 0 Å². The zero-order valence-corrected chi connectivity index (χ0v) is 18.7. The summed E-state index contributed by atoms with van der Waals surface area (Å²) in [5.41, 5.74) is 3.06. The average Bonchev–Trinajstić information content (AvgIpc) is 3.51. The molecular weight excluding hydrogens is 473 g/mol. The van der Waals surface area contributed by atoms with Crippen LogP contribution in [0.15, 0.2) is 54.6 Å². The average molecular weight is 494 g/mol. The number of rotatable bonds is 7. The Hall–Kier alpha value is -3.60. The van der Waals surface area contributed by atoms with Crippen LogP contribution in [0.2, 0.25) is 0 Å². The Morgan fingerprint density at radius 1 is 1.12 bits per heavy atom. The van der Waals surface area contributed by atoms with E-state index in [2.05, 4.69) is 10.3 Å². The van der Waals surface area contributed by atoms with E-state index in [0.29, 0.717) is 11.7 Å². The van der Waals surface area contributed by atoms with Crippen molar-refractivity contribution in [2.45, 2.75) is 32.0 Å². The second-order valence-corrected chi connectivity index (χ2v) is 8.52. The second-order valence-electron chi connectivity index (χ2n) is 7.47. The number of halogens is 3. The van der Waals surface area contributed by atoms with Crippen molar-refractivity contribution in [3.05, 3.63) is 70.7 Å². The van der Waals surface area contributed by atoms with Gasteiger partial charge in [-0.1, -0.05) is 41.7 Å². The van der Waals surface area contributed by atoms with Gasteiger partial charge in [-0.2, -0.15) is 13.2 Å². The number of aliphatic carboxylic acids is 2. The van der Waals surface area contributed by atoms with Gasteiger partial charge in [-0.05, 0) is 49.1 Å². The Balaban J connectivity index is 0.000000406. The highest BCUT2D eigenvalue weighted by atomic mass is 32.1. The quantitative estimate of drug-likeness (QED) is 0.388. The van der Waals surface area contributed by atoms with Crippen LogP contribution in [-0.4, -0.2) is 33.3 Å². The fraction of sp³-hybridized carbons (Fsp3) is 0.261. The number of hydrogen-bond donors (Lipinski definition) is 3. The molecule has 0 radical (unpaired) electrons. The predicted octanol–water partition coefficient (Wildman–Crippen LogP) is 5.68. The van der Waals surface area contributed by atoms with Gasteiger partial charge >= 0.3 is 18.1 Å². The standard InChI is InChI=1S/C21H20N2O3S.C2HF3O2/c1-13-19(27-21(23-13)26-16-5-3-2-4-6-16)12-22-15-9-7-14(8-10-15)17-11-18(17)20(24)25;3-2(4,5)1(6)7/h2-10,17-18,22H,11-12H2,1H3,(H,24,25);(H,6,7). The third-order valence-corrected chi connectivity index (χ3v) is 6.00. The summed E-state index contributed by atoms with van der Waals surface area (Å²) in [7, 11) is 0. The first kappa shape index (κ1) is 25.0. The molecule has 1 heterocycles. The smallest absolute Gasteiger partial charge is 0.481 e. The van der Waals surface area contributed by atoms with E-state index in [1.54, 1.807) is 0 Å². The first-order chi connectivity index (χ1) is 16.0. The SMILES string of the molecule is Cc1nc(Oc2ccccc2)sc1CNc1ccc(C2CC2C(=O)O)cc1.O=C(O)C(F)(F)F. The van der Waals surface area contributed by atoms with Crippen LogP contribution in [0.4, 0.5) is 18.9 Å². The van der Waals surface area contributed by atoms with E-state index in [9.17, 15) is 18.0 Å². The molecule has 34 heavy (non-hydrogen) atoms. The molecule has 2 aromatic carbocycles. The van der Waals surface area contributed by atoms with Gasteiger partial charge in [-0.25, -0.2) is 9.78 Å². The van der Waals surface area contributed by atoms with Crippen LogP contribution >= 0.6 is 11.3 Å². The maximum atomic E-state index is 11.0. The molecule has 1 fully saturated rings. The van der Waals surface area contributed by atoms with Crippen molar-refractivity contribution in [2.24, 2.45) is 5.92 Å². The number of alkyl halides is 3. The lowest BCUT2D eigenvalue weighted by atomic mass is 10.1. The van der Waals surface area contributed by atoms with E-state index in [0.717, 1.165) is 34.0 Å². The maximum absolute atomic E-state index is 11.0. The molecule has 180 valence electrons. The number of para-hydroxylation sites is 1. The molecule has 0 bridgehead atoms. The molecule has 2 unspecified atom stereocenters. The lowest BCUT2D eigenvalue weighted by molar-refractivity contribution is -0.192. The van der Waals surface area contributed by atoms with Crippen LogP contribution in [0.1, 0.15) is 28.5 Å². The van der Waals surface area contributed by atoms with E-state index >= 15 is 0 Å². The first-order valence-corrected chi connectivity index (χ1v) is 10.9. The molecular formula is C23H21F3N2O5S. The van der Waals surface area contributed by atoms with E-state index in [4.69, 9.17) is 19.7 Å². The number of anilines is 1. The van der Waals surface area contributed by atoms with Crippen molar-refractivity contribution >= 4 is 29.0 Å². The molecule has 0 aliphatic heterocycles. The lowest BCUT2D eigenvalue weighted by Crippen LogP contribution is -2.21. The molecule has 0 saturated heterocycles. The Labute approximate surface area is 196 Å². The minimum Gasteiger partial charge on any atom is -0.481 e. The molecule has 1 aromatic heterocycles. The number of benzene rings is 2. The molecule has 2 atom stereocenters. The fourth-order valence-electron chi connectivity index (χ4n) is 3.07. The second kappa shape index (κ2) is 10.6. The number of nitrogens with one attached hydrogen (secondary N) is 1. The number of nitrogens with zero attached hydrogens (tertiary/aromatic N) is 1. The van der Waals surface area contributed by atoms with E-state index < -0.39 is 18.1 Å². The summed E-state index contributed by atoms with van der Waals surface area (Å²) in [6, 6.07) is 17.7. The number of hydrogen-bond acceptors (Lipinski definition) is 6. The number of carbonyl (C=O) groups is 2. The van der Waals surface area contributed by atoms with Crippen molar-refractivity contribution in [1.29, 1.82) is 0 Å². The number of thiazole rings is 1. The van der Waals surface area contributed by atoms with Crippen molar-refractivity contribution in [3.63, 3.8) is 0 Å². The van der Waals surface area contributed by atoms with Gasteiger partial charge in [0, 0.05) is 5.69 Å². The molecule has 1 saturated carbocycles. The Bertz CT molecular complexity index is 1130. The van der Waals surface area contributed by atoms with E-state index in [1.165, 1.54) is 11.3 Å². The van der Waals surface area contributed by atoms with E-state index in [-0.39, 0.29) is 11.8 Å². The minimum atomic E-state index is -5.08. The summed E-state index contributed by atoms with van der Waals surface area (Å²) < 4.78 is 37.5. The van der Waals surface area contributed by atoms with Crippen molar-refractivity contribution in [3.8, 4) is 10.9 Å². The Morgan fingerprint density at radius 2 is 1.74 bits per heavy atom. The number of aromatic nitrogens is 1. The Morgan fingerprint density at radius 3 is 2.26 bits per heavy atom. The molecule has 0 amide bonds. The van der Waals surface area contributed by atoms with Gasteiger partial charge in [0.25, 0.3) is 5.19 Å². The Kier molecular flexibility index (Phi) is 7.77. The number of aryl methyl sites for hydroxylation is 1. The topological polar surface area (TPSA) is 109 Å². The van der Waals surface area contributed by atoms with Gasteiger partial charge in [-0.3, -0.25) is 4.79 Å². The highest BCUT2D eigenvalue weighted by Crippen LogP contribution is 2.47. The molecule has 7 nitrogen and oxygen atoms in total. The maximum Gasteiger partial charge on any atom is 0.490 e. The summed E-state index contributed by atoms with van der Waals surface area (Å²) in [6.45, 7) is 2.65. The van der Waals surface area contributed by atoms with Crippen LogP contribution in [0.5, 0.6) is 10.9 Å². The molecule has 11 heteroatoms. The molecule has 4 rings (SSSR count). The number of ether oxygens (including phenoxy) is 1. The summed E-state index contributed by atoms with van der Waals surface area (Å²) in [5.74, 6) is -2.73. The monoisotopic (exact) mass is 494 g/mol. The zero-order valence-electron chi connectivity index (χ0n) is 17.9. The van der Waals surface area contributed by atoms with Crippen LogP contribution in [-0.2, 0) is 16.1 Å². The normalized spacial score (nSPS) is 16.7. The first-order valence-electron chi connectivity index (χ1n) is 10.1. The van der Waals surface area contributed by atoms with Crippen LogP contribution in [0, 0.1) is 12.8 Å². The van der Waals surface area contributed by atoms with Crippen molar-refractivity contribution in [1.82, 2.24) is 4.98 Å². The van der Waals surface area contributed by atoms with Crippen molar-refractivity contribution < 1.29 is 37.7 Å². The molecule has 1 aliphatic rings. The highest BCUT2D eigenvalue weighted by Gasteiger charge is 2.44. The van der Waals surface area contributed by atoms with Gasteiger partial charge < -0.3 is 20.3 Å². The van der Waals surface area contributed by atoms with Crippen molar-refractivity contribution in [2.75, 3.05) is 5.32 Å². The van der Waals surface area contributed by atoms with Gasteiger partial charge in [0.1, 0.15) is 5.75 Å². The molecule has 1 aliphatic carbocycles. The van der Waals surface area contributed by atoms with Gasteiger partial charge in [0.05, 0.1) is 23.0 Å². The largest absolute Gasteiger partial charge is 0.490 e. The molecule has 3 aromatic rings. The summed E-state index contributed by atoms with van der Waals surface area (Å²) >= 11 is 1.53. The molecule has 0 spiro atoms. The zero-order chi connectivity index (χ0) is 24.9. The number of carboxylic acids is 2. The third kappa shape index (κ3) is 6.95. The van der Waals surface area contributed by atoms with Crippen LogP contribution < -0.4 is 10.1 Å². The van der Waals surface area contributed by atoms with Gasteiger partial charge in [0.15, 0.2) is 0 Å². The summed E-state index contributed by atoms with van der Waals surface area (Å²) in [5, 5.41) is 20.2. The molecule has 3 N–H and O–H groups in total. The lowest BCUT2D eigenvalue weighted by Gasteiger charge is -2.06. The number of carboxylic acid groups (broad SMARTS) is 2. The van der Waals surface area contributed by atoms with Crippen LogP contribution in [0.25, 0.3) is 0 Å². The van der Waals surface area contributed by atoms with E-state index in [1.807, 2.05) is 61.5 Å². The van der Waals surface area contributed by atoms with Gasteiger partial charge in [-0.15, -0.1) is 0 Å². The minimum absolute atomic E-state index is 0.165.